The molecular weight excluding hydrogens is 256 g/mol. The highest BCUT2D eigenvalue weighted by Crippen LogP contribution is 2.32. The third-order valence-electron chi connectivity index (χ3n) is 3.66. The van der Waals surface area contributed by atoms with Gasteiger partial charge in [0.25, 0.3) is 0 Å². The van der Waals surface area contributed by atoms with Gasteiger partial charge in [0, 0.05) is 13.6 Å². The maximum Gasteiger partial charge on any atom is 0.161 e. The average molecular weight is 278 g/mol. The van der Waals surface area contributed by atoms with E-state index in [1.54, 1.807) is 0 Å². The Bertz CT molecular complexity index is 483. The van der Waals surface area contributed by atoms with Gasteiger partial charge >= 0.3 is 0 Å². The summed E-state index contributed by atoms with van der Waals surface area (Å²) in [4.78, 5) is 2.58. The SMILES string of the molecule is CCc1nnc(N(C)CC2CC2)c(C(N)=S)c1CC. The number of hydrogen-bond donors (Lipinski definition) is 1. The van der Waals surface area contributed by atoms with Crippen molar-refractivity contribution < 1.29 is 0 Å². The molecule has 0 aromatic carbocycles. The number of nitrogens with zero attached hydrogens (tertiary/aromatic N) is 3. The first kappa shape index (κ1) is 14.2. The van der Waals surface area contributed by atoms with E-state index in [0.717, 1.165) is 47.9 Å². The first-order valence-electron chi connectivity index (χ1n) is 6.97. The van der Waals surface area contributed by atoms with Crippen molar-refractivity contribution in [2.24, 2.45) is 11.7 Å². The Labute approximate surface area is 120 Å². The van der Waals surface area contributed by atoms with Crippen LogP contribution in [-0.2, 0) is 12.8 Å². The lowest BCUT2D eigenvalue weighted by molar-refractivity contribution is 0.757. The van der Waals surface area contributed by atoms with Crippen molar-refractivity contribution in [1.82, 2.24) is 10.2 Å². The fourth-order valence-electron chi connectivity index (χ4n) is 2.46. The second-order valence-corrected chi connectivity index (χ2v) is 5.66. The monoisotopic (exact) mass is 278 g/mol. The Kier molecular flexibility index (Phi) is 4.34. The van der Waals surface area contributed by atoms with E-state index in [9.17, 15) is 0 Å². The summed E-state index contributed by atoms with van der Waals surface area (Å²) in [5.41, 5.74) is 9.02. The maximum atomic E-state index is 5.94. The smallest absolute Gasteiger partial charge is 0.161 e. The van der Waals surface area contributed by atoms with E-state index < -0.39 is 0 Å². The van der Waals surface area contributed by atoms with Crippen LogP contribution in [0.4, 0.5) is 5.82 Å². The first-order chi connectivity index (χ1) is 9.08. The van der Waals surface area contributed by atoms with Crippen LogP contribution in [0.25, 0.3) is 0 Å². The highest BCUT2D eigenvalue weighted by Gasteiger charge is 2.26. The van der Waals surface area contributed by atoms with Gasteiger partial charge in [-0.3, -0.25) is 0 Å². The second-order valence-electron chi connectivity index (χ2n) is 5.22. The number of aryl methyl sites for hydroxylation is 1. The van der Waals surface area contributed by atoms with E-state index in [4.69, 9.17) is 18.0 Å². The average Bonchev–Trinajstić information content (AvgIpc) is 3.20. The predicted molar refractivity (Wildman–Crippen MR) is 82.7 cm³/mol. The number of rotatable bonds is 6. The molecule has 0 bridgehead atoms. The third kappa shape index (κ3) is 3.03. The summed E-state index contributed by atoms with van der Waals surface area (Å²) in [6.07, 6.45) is 4.37. The molecule has 2 N–H and O–H groups in total. The molecule has 1 aromatic heterocycles. The molecule has 5 heteroatoms. The van der Waals surface area contributed by atoms with Crippen molar-refractivity contribution in [3.63, 3.8) is 0 Å². The zero-order chi connectivity index (χ0) is 14.0. The normalized spacial score (nSPS) is 14.5. The van der Waals surface area contributed by atoms with E-state index in [1.807, 2.05) is 0 Å². The fourth-order valence-corrected chi connectivity index (χ4v) is 2.68. The van der Waals surface area contributed by atoms with Gasteiger partial charge in [-0.05, 0) is 37.2 Å². The Morgan fingerprint density at radius 2 is 2.00 bits per heavy atom. The van der Waals surface area contributed by atoms with Crippen molar-refractivity contribution in [2.45, 2.75) is 39.5 Å². The number of nitrogens with two attached hydrogens (primary N) is 1. The van der Waals surface area contributed by atoms with Crippen LogP contribution in [0.5, 0.6) is 0 Å². The van der Waals surface area contributed by atoms with Crippen molar-refractivity contribution >= 4 is 23.0 Å². The summed E-state index contributed by atoms with van der Waals surface area (Å²) in [6, 6.07) is 0. The topological polar surface area (TPSA) is 55.0 Å². The molecule has 19 heavy (non-hydrogen) atoms. The molecule has 1 heterocycles. The van der Waals surface area contributed by atoms with E-state index in [0.29, 0.717) is 4.99 Å². The molecule has 0 atom stereocenters. The minimum absolute atomic E-state index is 0.430. The van der Waals surface area contributed by atoms with Crippen molar-refractivity contribution in [2.75, 3.05) is 18.5 Å². The zero-order valence-electron chi connectivity index (χ0n) is 11.9. The van der Waals surface area contributed by atoms with Crippen LogP contribution in [0.3, 0.4) is 0 Å². The van der Waals surface area contributed by atoms with Crippen LogP contribution < -0.4 is 10.6 Å². The molecule has 0 spiro atoms. The van der Waals surface area contributed by atoms with Gasteiger partial charge in [0.05, 0.1) is 11.3 Å². The quantitative estimate of drug-likeness (QED) is 0.807. The van der Waals surface area contributed by atoms with Gasteiger partial charge in [0.1, 0.15) is 4.99 Å². The molecule has 1 saturated carbocycles. The molecular formula is C14H22N4S. The van der Waals surface area contributed by atoms with Crippen LogP contribution in [-0.4, -0.2) is 28.8 Å². The van der Waals surface area contributed by atoms with Gasteiger partial charge < -0.3 is 10.6 Å². The Balaban J connectivity index is 2.43. The second kappa shape index (κ2) is 5.82. The lowest BCUT2D eigenvalue weighted by atomic mass is 10.0. The third-order valence-corrected chi connectivity index (χ3v) is 3.87. The molecule has 1 aliphatic carbocycles. The fraction of sp³-hybridized carbons (Fsp3) is 0.643. The van der Waals surface area contributed by atoms with Crippen LogP contribution in [0.1, 0.15) is 43.5 Å². The van der Waals surface area contributed by atoms with E-state index in [1.165, 1.54) is 12.8 Å². The van der Waals surface area contributed by atoms with Crippen LogP contribution >= 0.6 is 12.2 Å². The van der Waals surface area contributed by atoms with Crippen molar-refractivity contribution in [3.8, 4) is 0 Å². The van der Waals surface area contributed by atoms with Crippen molar-refractivity contribution in [1.29, 1.82) is 0 Å². The summed E-state index contributed by atoms with van der Waals surface area (Å²) in [7, 11) is 2.05. The van der Waals surface area contributed by atoms with Gasteiger partial charge in [0.2, 0.25) is 0 Å². The minimum atomic E-state index is 0.430. The largest absolute Gasteiger partial charge is 0.389 e. The first-order valence-corrected chi connectivity index (χ1v) is 7.38. The van der Waals surface area contributed by atoms with Crippen LogP contribution in [0, 0.1) is 5.92 Å². The summed E-state index contributed by atoms with van der Waals surface area (Å²) >= 11 is 5.24. The highest BCUT2D eigenvalue weighted by atomic mass is 32.1. The van der Waals surface area contributed by atoms with Gasteiger partial charge in [-0.1, -0.05) is 26.1 Å². The Hall–Kier alpha value is -1.23. The molecule has 0 radical (unpaired) electrons. The van der Waals surface area contributed by atoms with Gasteiger partial charge in [-0.25, -0.2) is 0 Å². The van der Waals surface area contributed by atoms with E-state index in [-0.39, 0.29) is 0 Å². The standard InChI is InChI=1S/C14H22N4S/c1-4-10-11(5-2)16-17-14(12(10)13(15)19)18(3)8-9-6-7-9/h9H,4-8H2,1-3H3,(H2,15,19). The lowest BCUT2D eigenvalue weighted by Crippen LogP contribution is -2.27. The molecule has 2 rings (SSSR count). The molecule has 0 amide bonds. The van der Waals surface area contributed by atoms with Gasteiger partial charge in [-0.2, -0.15) is 5.10 Å². The minimum Gasteiger partial charge on any atom is -0.389 e. The van der Waals surface area contributed by atoms with Crippen LogP contribution in [0.2, 0.25) is 0 Å². The highest BCUT2D eigenvalue weighted by molar-refractivity contribution is 7.80. The summed E-state index contributed by atoms with van der Waals surface area (Å²) in [5, 5.41) is 8.72. The summed E-state index contributed by atoms with van der Waals surface area (Å²) in [6.45, 7) is 5.21. The van der Waals surface area contributed by atoms with Gasteiger partial charge in [0.15, 0.2) is 5.82 Å². The summed E-state index contributed by atoms with van der Waals surface area (Å²) < 4.78 is 0. The number of hydrogen-bond acceptors (Lipinski definition) is 4. The van der Waals surface area contributed by atoms with E-state index in [2.05, 4.69) is 36.0 Å². The van der Waals surface area contributed by atoms with E-state index >= 15 is 0 Å². The summed E-state index contributed by atoms with van der Waals surface area (Å²) in [5.74, 6) is 1.63. The Morgan fingerprint density at radius 1 is 1.32 bits per heavy atom. The molecule has 1 aliphatic rings. The molecule has 4 nitrogen and oxygen atoms in total. The van der Waals surface area contributed by atoms with Crippen LogP contribution in [0.15, 0.2) is 0 Å². The molecule has 1 aromatic rings. The molecule has 0 unspecified atom stereocenters. The Morgan fingerprint density at radius 3 is 2.47 bits per heavy atom. The van der Waals surface area contributed by atoms with Gasteiger partial charge in [-0.15, -0.1) is 5.10 Å². The number of thiocarbonyl (C=S) groups is 1. The number of anilines is 1. The number of aromatic nitrogens is 2. The lowest BCUT2D eigenvalue weighted by Gasteiger charge is -2.22. The molecule has 0 aliphatic heterocycles. The molecule has 104 valence electrons. The molecule has 0 saturated heterocycles. The van der Waals surface area contributed by atoms with Crippen molar-refractivity contribution in [3.05, 3.63) is 16.8 Å². The predicted octanol–water partition coefficient (Wildman–Crippen LogP) is 2.08. The maximum absolute atomic E-state index is 5.94. The molecule has 1 fully saturated rings. The zero-order valence-corrected chi connectivity index (χ0v) is 12.8.